The molecule has 0 radical (unpaired) electrons. The first-order valence-corrected chi connectivity index (χ1v) is 5.41. The van der Waals surface area contributed by atoms with Crippen molar-refractivity contribution in [1.82, 2.24) is 5.32 Å². The van der Waals surface area contributed by atoms with Gasteiger partial charge in [-0.3, -0.25) is 0 Å². The zero-order valence-electron chi connectivity index (χ0n) is 10.8. The lowest BCUT2D eigenvalue weighted by Gasteiger charge is -2.30. The minimum atomic E-state index is -1.02. The number of rotatable bonds is 4. The second kappa shape index (κ2) is 5.34. The van der Waals surface area contributed by atoms with Gasteiger partial charge in [-0.2, -0.15) is 0 Å². The van der Waals surface area contributed by atoms with Crippen molar-refractivity contribution in [3.63, 3.8) is 0 Å². The first-order valence-electron chi connectivity index (χ1n) is 5.41. The van der Waals surface area contributed by atoms with Gasteiger partial charge in [0.1, 0.15) is 5.60 Å². The third-order valence-corrected chi connectivity index (χ3v) is 2.22. The number of ether oxygens (including phenoxy) is 1. The second-order valence-corrected chi connectivity index (χ2v) is 5.22. The molecular weight excluding hydrogens is 206 g/mol. The monoisotopic (exact) mass is 229 g/mol. The summed E-state index contributed by atoms with van der Waals surface area (Å²) in [5, 5.41) is 12.6. The fourth-order valence-electron chi connectivity index (χ4n) is 1.11. The van der Waals surface area contributed by atoms with E-state index in [2.05, 4.69) is 11.9 Å². The topological polar surface area (TPSA) is 58.6 Å². The third kappa shape index (κ3) is 5.75. The van der Waals surface area contributed by atoms with Gasteiger partial charge in [0.2, 0.25) is 0 Å². The van der Waals surface area contributed by atoms with Crippen LogP contribution in [0.25, 0.3) is 0 Å². The molecule has 0 bridgehead atoms. The molecule has 0 rings (SSSR count). The van der Waals surface area contributed by atoms with Crippen LogP contribution < -0.4 is 5.32 Å². The molecular formula is C12H23NO3. The summed E-state index contributed by atoms with van der Waals surface area (Å²) in [6, 6.07) is -0.402. The molecule has 4 heteroatoms. The molecule has 0 saturated carbocycles. The quantitative estimate of drug-likeness (QED) is 0.727. The van der Waals surface area contributed by atoms with Crippen LogP contribution >= 0.6 is 0 Å². The van der Waals surface area contributed by atoms with Crippen LogP contribution in [0.5, 0.6) is 0 Å². The van der Waals surface area contributed by atoms with Crippen molar-refractivity contribution in [3.8, 4) is 0 Å². The molecule has 0 fully saturated rings. The lowest BCUT2D eigenvalue weighted by molar-refractivity contribution is 0.0124. The molecule has 0 unspecified atom stereocenters. The number of carbonyl (C=O) groups is 1. The van der Waals surface area contributed by atoms with Crippen LogP contribution in [0.15, 0.2) is 12.7 Å². The van der Waals surface area contributed by atoms with Crippen molar-refractivity contribution in [2.45, 2.75) is 58.3 Å². The summed E-state index contributed by atoms with van der Waals surface area (Å²) in [4.78, 5) is 11.4. The summed E-state index contributed by atoms with van der Waals surface area (Å²) in [5.74, 6) is 0. The second-order valence-electron chi connectivity index (χ2n) is 5.22. The van der Waals surface area contributed by atoms with Crippen LogP contribution in [0.3, 0.4) is 0 Å². The Morgan fingerprint density at radius 1 is 1.50 bits per heavy atom. The molecule has 0 heterocycles. The van der Waals surface area contributed by atoms with Gasteiger partial charge in [0.05, 0.1) is 11.6 Å². The first-order chi connectivity index (χ1) is 7.08. The molecule has 0 aromatic heterocycles. The van der Waals surface area contributed by atoms with Crippen LogP contribution in [-0.4, -0.2) is 28.4 Å². The van der Waals surface area contributed by atoms with Crippen molar-refractivity contribution in [3.05, 3.63) is 12.7 Å². The van der Waals surface area contributed by atoms with E-state index in [-0.39, 0.29) is 0 Å². The summed E-state index contributed by atoms with van der Waals surface area (Å²) >= 11 is 0. The summed E-state index contributed by atoms with van der Waals surface area (Å²) < 4.78 is 5.09. The number of aliphatic hydroxyl groups is 1. The van der Waals surface area contributed by atoms with E-state index in [1.807, 2.05) is 0 Å². The molecule has 0 spiro atoms. The van der Waals surface area contributed by atoms with E-state index < -0.39 is 23.3 Å². The van der Waals surface area contributed by atoms with E-state index in [9.17, 15) is 9.90 Å². The average Bonchev–Trinajstić information content (AvgIpc) is 1.99. The van der Waals surface area contributed by atoms with E-state index in [0.29, 0.717) is 6.42 Å². The van der Waals surface area contributed by atoms with Gasteiger partial charge < -0.3 is 15.2 Å². The molecule has 0 aliphatic heterocycles. The predicted octanol–water partition coefficient (Wildman–Crippen LogP) is 2.23. The molecule has 2 atom stereocenters. The molecule has 2 N–H and O–H groups in total. The molecule has 0 aromatic rings. The highest BCUT2D eigenvalue weighted by Crippen LogP contribution is 2.15. The Bertz CT molecular complexity index is 253. The summed E-state index contributed by atoms with van der Waals surface area (Å²) in [5.41, 5.74) is -1.55. The van der Waals surface area contributed by atoms with Crippen LogP contribution in [0.1, 0.15) is 41.0 Å². The van der Waals surface area contributed by atoms with E-state index in [4.69, 9.17) is 4.74 Å². The molecule has 94 valence electrons. The number of carbonyl (C=O) groups excluding carboxylic acids is 1. The summed E-state index contributed by atoms with van der Waals surface area (Å²) in [6.45, 7) is 12.3. The zero-order valence-corrected chi connectivity index (χ0v) is 10.8. The maximum Gasteiger partial charge on any atom is 0.407 e. The smallest absolute Gasteiger partial charge is 0.407 e. The fourth-order valence-corrected chi connectivity index (χ4v) is 1.11. The Morgan fingerprint density at radius 2 is 2.00 bits per heavy atom. The van der Waals surface area contributed by atoms with Gasteiger partial charge in [-0.15, -0.1) is 6.58 Å². The molecule has 0 aromatic carbocycles. The fraction of sp³-hybridized carbons (Fsp3) is 0.750. The van der Waals surface area contributed by atoms with Crippen LogP contribution in [-0.2, 0) is 4.74 Å². The van der Waals surface area contributed by atoms with Gasteiger partial charge in [0.15, 0.2) is 0 Å². The van der Waals surface area contributed by atoms with Gasteiger partial charge in [0.25, 0.3) is 0 Å². The number of nitrogens with one attached hydrogen (secondary N) is 1. The van der Waals surface area contributed by atoms with Crippen molar-refractivity contribution in [2.75, 3.05) is 0 Å². The van der Waals surface area contributed by atoms with Gasteiger partial charge in [-0.1, -0.05) is 6.08 Å². The van der Waals surface area contributed by atoms with E-state index in [0.717, 1.165) is 0 Å². The SMILES string of the molecule is C=CC[C@](C)(O)[C@H](C)NC(=O)OC(C)(C)C. The van der Waals surface area contributed by atoms with Crippen LogP contribution in [0.4, 0.5) is 4.79 Å². The highest BCUT2D eigenvalue weighted by molar-refractivity contribution is 5.68. The zero-order chi connectivity index (χ0) is 13.0. The average molecular weight is 229 g/mol. The lowest BCUT2D eigenvalue weighted by atomic mass is 9.94. The minimum Gasteiger partial charge on any atom is -0.444 e. The summed E-state index contributed by atoms with van der Waals surface area (Å²) in [7, 11) is 0. The molecule has 16 heavy (non-hydrogen) atoms. The van der Waals surface area contributed by atoms with Crippen LogP contribution in [0, 0.1) is 0 Å². The standard InChI is InChI=1S/C12H23NO3/c1-7-8-12(6,15)9(2)13-10(14)16-11(3,4)5/h7,9,15H,1,8H2,2-6H3,(H,13,14)/t9-,12-/m0/s1. The van der Waals surface area contributed by atoms with E-state index >= 15 is 0 Å². The Labute approximate surface area is 97.7 Å². The normalized spacial score (nSPS) is 17.1. The van der Waals surface area contributed by atoms with E-state index in [1.54, 1.807) is 40.7 Å². The highest BCUT2D eigenvalue weighted by Gasteiger charge is 2.29. The van der Waals surface area contributed by atoms with Crippen molar-refractivity contribution in [2.24, 2.45) is 0 Å². The minimum absolute atomic E-state index is 0.402. The first kappa shape index (κ1) is 15.0. The Morgan fingerprint density at radius 3 is 2.38 bits per heavy atom. The Kier molecular flexibility index (Phi) is 5.00. The number of amides is 1. The van der Waals surface area contributed by atoms with Gasteiger partial charge in [-0.25, -0.2) is 4.79 Å². The number of hydrogen-bond donors (Lipinski definition) is 2. The number of alkyl carbamates (subject to hydrolysis) is 1. The predicted molar refractivity (Wildman–Crippen MR) is 64.3 cm³/mol. The van der Waals surface area contributed by atoms with E-state index in [1.165, 1.54) is 0 Å². The maximum atomic E-state index is 11.4. The Balaban J connectivity index is 4.29. The largest absolute Gasteiger partial charge is 0.444 e. The lowest BCUT2D eigenvalue weighted by Crippen LogP contribution is -2.50. The van der Waals surface area contributed by atoms with Crippen LogP contribution in [0.2, 0.25) is 0 Å². The Hall–Kier alpha value is -1.03. The molecule has 0 aliphatic rings. The van der Waals surface area contributed by atoms with Crippen molar-refractivity contribution >= 4 is 6.09 Å². The molecule has 0 saturated heterocycles. The van der Waals surface area contributed by atoms with Crippen molar-refractivity contribution in [1.29, 1.82) is 0 Å². The molecule has 0 aliphatic carbocycles. The summed E-state index contributed by atoms with van der Waals surface area (Å²) in [6.07, 6.45) is 1.50. The molecule has 1 amide bonds. The van der Waals surface area contributed by atoms with Crippen molar-refractivity contribution < 1.29 is 14.6 Å². The van der Waals surface area contributed by atoms with Gasteiger partial charge in [-0.05, 0) is 41.0 Å². The third-order valence-electron chi connectivity index (χ3n) is 2.22. The molecule has 4 nitrogen and oxygen atoms in total. The van der Waals surface area contributed by atoms with Gasteiger partial charge in [0, 0.05) is 0 Å². The maximum absolute atomic E-state index is 11.4. The highest BCUT2D eigenvalue weighted by atomic mass is 16.6. The number of hydrogen-bond acceptors (Lipinski definition) is 3. The van der Waals surface area contributed by atoms with Gasteiger partial charge >= 0.3 is 6.09 Å².